The molecule has 5 heteroatoms. The van der Waals surface area contributed by atoms with E-state index in [1.807, 2.05) is 6.20 Å². The van der Waals surface area contributed by atoms with Gasteiger partial charge in [-0.05, 0) is 5.56 Å². The van der Waals surface area contributed by atoms with Crippen LogP contribution >= 0.6 is 11.3 Å². The number of rotatable bonds is 4. The largest absolute Gasteiger partial charge is 0.375 e. The summed E-state index contributed by atoms with van der Waals surface area (Å²) >= 11 is 1.60. The number of hydrogen-bond donors (Lipinski definition) is 1. The fourth-order valence-electron chi connectivity index (χ4n) is 2.56. The van der Waals surface area contributed by atoms with Crippen molar-refractivity contribution in [1.82, 2.24) is 14.8 Å². The molecule has 0 radical (unpaired) electrons. The van der Waals surface area contributed by atoms with Crippen molar-refractivity contribution >= 4 is 16.5 Å². The van der Waals surface area contributed by atoms with Gasteiger partial charge in [0, 0.05) is 50.3 Å². The van der Waals surface area contributed by atoms with Crippen molar-refractivity contribution in [3.05, 3.63) is 47.0 Å². The van der Waals surface area contributed by atoms with Gasteiger partial charge in [0.15, 0.2) is 5.13 Å². The van der Waals surface area contributed by atoms with Gasteiger partial charge >= 0.3 is 0 Å². The molecule has 0 unspecified atom stereocenters. The topological polar surface area (TPSA) is 45.4 Å². The summed E-state index contributed by atoms with van der Waals surface area (Å²) in [6.07, 6.45) is 1.90. The Morgan fingerprint density at radius 1 is 1.00 bits per heavy atom. The molecule has 2 N–H and O–H groups in total. The third kappa shape index (κ3) is 3.56. The van der Waals surface area contributed by atoms with Gasteiger partial charge < -0.3 is 5.73 Å². The summed E-state index contributed by atoms with van der Waals surface area (Å²) in [6, 6.07) is 10.7. The maximum atomic E-state index is 5.67. The van der Waals surface area contributed by atoms with E-state index in [0.29, 0.717) is 5.13 Å². The molecule has 1 aromatic carbocycles. The molecular weight excluding hydrogens is 268 g/mol. The summed E-state index contributed by atoms with van der Waals surface area (Å²) in [4.78, 5) is 10.4. The average Bonchev–Trinajstić information content (AvgIpc) is 2.88. The lowest BCUT2D eigenvalue weighted by atomic mass is 10.2. The van der Waals surface area contributed by atoms with Crippen LogP contribution in [0.3, 0.4) is 0 Å². The van der Waals surface area contributed by atoms with Crippen LogP contribution < -0.4 is 5.73 Å². The van der Waals surface area contributed by atoms with E-state index in [9.17, 15) is 0 Å². The first-order valence-corrected chi connectivity index (χ1v) is 7.80. The zero-order chi connectivity index (χ0) is 13.8. The Morgan fingerprint density at radius 2 is 1.65 bits per heavy atom. The van der Waals surface area contributed by atoms with Crippen LogP contribution in [0.15, 0.2) is 36.5 Å². The van der Waals surface area contributed by atoms with Gasteiger partial charge in [-0.3, -0.25) is 9.80 Å². The first-order valence-electron chi connectivity index (χ1n) is 6.98. The van der Waals surface area contributed by atoms with Crippen molar-refractivity contribution in [2.45, 2.75) is 13.1 Å². The Hall–Kier alpha value is -1.43. The number of hydrogen-bond acceptors (Lipinski definition) is 5. The minimum Gasteiger partial charge on any atom is -0.375 e. The summed E-state index contributed by atoms with van der Waals surface area (Å²) in [5.41, 5.74) is 7.07. The second-order valence-corrected chi connectivity index (χ2v) is 6.35. The second kappa shape index (κ2) is 6.35. The zero-order valence-corrected chi connectivity index (χ0v) is 12.4. The fraction of sp³-hybridized carbons (Fsp3) is 0.400. The Bertz CT molecular complexity index is 532. The lowest BCUT2D eigenvalue weighted by molar-refractivity contribution is 0.123. The number of nitrogens with two attached hydrogens (primary N) is 1. The lowest BCUT2D eigenvalue weighted by Crippen LogP contribution is -2.45. The van der Waals surface area contributed by atoms with Crippen molar-refractivity contribution in [1.29, 1.82) is 0 Å². The molecule has 0 saturated carbocycles. The molecule has 1 fully saturated rings. The monoisotopic (exact) mass is 288 g/mol. The molecule has 20 heavy (non-hydrogen) atoms. The number of aromatic nitrogens is 1. The molecule has 0 bridgehead atoms. The third-order valence-corrected chi connectivity index (χ3v) is 4.48. The highest BCUT2D eigenvalue weighted by Crippen LogP contribution is 2.17. The van der Waals surface area contributed by atoms with E-state index in [1.54, 1.807) is 11.3 Å². The molecule has 106 valence electrons. The molecule has 1 aliphatic rings. The van der Waals surface area contributed by atoms with Gasteiger partial charge in [0.1, 0.15) is 0 Å². The molecule has 0 atom stereocenters. The van der Waals surface area contributed by atoms with E-state index in [4.69, 9.17) is 5.73 Å². The Balaban J connectivity index is 1.47. The van der Waals surface area contributed by atoms with Gasteiger partial charge in [-0.2, -0.15) is 0 Å². The van der Waals surface area contributed by atoms with Crippen LogP contribution in [-0.2, 0) is 13.1 Å². The maximum Gasteiger partial charge on any atom is 0.180 e. The Labute approximate surface area is 123 Å². The van der Waals surface area contributed by atoms with Crippen LogP contribution in [0.25, 0.3) is 0 Å². The second-order valence-electron chi connectivity index (χ2n) is 5.20. The summed E-state index contributed by atoms with van der Waals surface area (Å²) in [5, 5.41) is 0.669. The van der Waals surface area contributed by atoms with Crippen molar-refractivity contribution in [2.24, 2.45) is 0 Å². The summed E-state index contributed by atoms with van der Waals surface area (Å²) < 4.78 is 0. The summed E-state index contributed by atoms with van der Waals surface area (Å²) in [6.45, 7) is 6.53. The number of thiazole rings is 1. The molecule has 1 aromatic heterocycles. The van der Waals surface area contributed by atoms with Crippen molar-refractivity contribution in [3.8, 4) is 0 Å². The fourth-order valence-corrected chi connectivity index (χ4v) is 3.29. The molecule has 3 rings (SSSR count). The molecule has 2 heterocycles. The molecule has 0 spiro atoms. The minimum atomic E-state index is 0.669. The highest BCUT2D eigenvalue weighted by molar-refractivity contribution is 7.15. The lowest BCUT2D eigenvalue weighted by Gasteiger charge is -2.34. The number of nitrogen functional groups attached to an aromatic ring is 1. The molecule has 1 saturated heterocycles. The normalized spacial score (nSPS) is 17.4. The quantitative estimate of drug-likeness (QED) is 0.935. The van der Waals surface area contributed by atoms with E-state index in [0.717, 1.165) is 39.3 Å². The van der Waals surface area contributed by atoms with Gasteiger partial charge in [-0.25, -0.2) is 4.98 Å². The predicted octanol–water partition coefficient (Wildman–Crippen LogP) is 2.04. The summed E-state index contributed by atoms with van der Waals surface area (Å²) in [7, 11) is 0. The van der Waals surface area contributed by atoms with Crippen molar-refractivity contribution in [2.75, 3.05) is 31.9 Å². The first-order chi connectivity index (χ1) is 9.79. The van der Waals surface area contributed by atoms with Crippen LogP contribution in [-0.4, -0.2) is 41.0 Å². The van der Waals surface area contributed by atoms with Crippen LogP contribution in [0.5, 0.6) is 0 Å². The van der Waals surface area contributed by atoms with E-state index in [2.05, 4.69) is 45.1 Å². The van der Waals surface area contributed by atoms with E-state index in [1.165, 1.54) is 10.4 Å². The Kier molecular flexibility index (Phi) is 4.30. The van der Waals surface area contributed by atoms with Crippen LogP contribution in [0.4, 0.5) is 5.13 Å². The zero-order valence-electron chi connectivity index (χ0n) is 11.5. The molecule has 1 aliphatic heterocycles. The van der Waals surface area contributed by atoms with Gasteiger partial charge in [-0.15, -0.1) is 11.3 Å². The minimum absolute atomic E-state index is 0.669. The van der Waals surface area contributed by atoms with Crippen molar-refractivity contribution < 1.29 is 0 Å². The standard InChI is InChI=1S/C15H20N4S/c16-15-17-10-14(20-15)12-19-8-6-18(7-9-19)11-13-4-2-1-3-5-13/h1-5,10H,6-9,11-12H2,(H2,16,17). The number of anilines is 1. The third-order valence-electron chi connectivity index (χ3n) is 3.66. The first kappa shape index (κ1) is 13.5. The van der Waals surface area contributed by atoms with Gasteiger partial charge in [-0.1, -0.05) is 30.3 Å². The van der Waals surface area contributed by atoms with Gasteiger partial charge in [0.25, 0.3) is 0 Å². The van der Waals surface area contributed by atoms with E-state index in [-0.39, 0.29) is 0 Å². The highest BCUT2D eigenvalue weighted by Gasteiger charge is 2.17. The van der Waals surface area contributed by atoms with Crippen LogP contribution in [0, 0.1) is 0 Å². The van der Waals surface area contributed by atoms with Gasteiger partial charge in [0.2, 0.25) is 0 Å². The summed E-state index contributed by atoms with van der Waals surface area (Å²) in [5.74, 6) is 0. The van der Waals surface area contributed by atoms with Crippen LogP contribution in [0.1, 0.15) is 10.4 Å². The molecule has 0 amide bonds. The maximum absolute atomic E-state index is 5.67. The number of piperazine rings is 1. The highest BCUT2D eigenvalue weighted by atomic mass is 32.1. The SMILES string of the molecule is Nc1ncc(CN2CCN(Cc3ccccc3)CC2)s1. The molecule has 4 nitrogen and oxygen atoms in total. The Morgan fingerprint density at radius 3 is 2.25 bits per heavy atom. The van der Waals surface area contributed by atoms with Crippen LogP contribution in [0.2, 0.25) is 0 Å². The van der Waals surface area contributed by atoms with E-state index >= 15 is 0 Å². The molecule has 0 aliphatic carbocycles. The number of benzene rings is 1. The van der Waals surface area contributed by atoms with E-state index < -0.39 is 0 Å². The van der Waals surface area contributed by atoms with Gasteiger partial charge in [0.05, 0.1) is 0 Å². The smallest absolute Gasteiger partial charge is 0.180 e. The van der Waals surface area contributed by atoms with Crippen molar-refractivity contribution in [3.63, 3.8) is 0 Å². The molecule has 2 aromatic rings. The number of nitrogens with zero attached hydrogens (tertiary/aromatic N) is 3. The predicted molar refractivity (Wildman–Crippen MR) is 83.5 cm³/mol. The average molecular weight is 288 g/mol. The molecular formula is C15H20N4S.